The highest BCUT2D eigenvalue weighted by Crippen LogP contribution is 2.31. The van der Waals surface area contributed by atoms with E-state index in [1.165, 1.54) is 23.9 Å². The number of nitrogens with one attached hydrogen (secondary N) is 2. The van der Waals surface area contributed by atoms with Gasteiger partial charge in [0.1, 0.15) is 5.82 Å². The van der Waals surface area contributed by atoms with Crippen LogP contribution < -0.4 is 5.32 Å². The summed E-state index contributed by atoms with van der Waals surface area (Å²) < 4.78 is 21.0. The van der Waals surface area contributed by atoms with Gasteiger partial charge in [0.05, 0.1) is 18.4 Å². The van der Waals surface area contributed by atoms with E-state index in [9.17, 15) is 9.18 Å². The number of halogens is 1. The smallest absolute Gasteiger partial charge is 0.230 e. The Morgan fingerprint density at radius 2 is 2.06 bits per heavy atom. The summed E-state index contributed by atoms with van der Waals surface area (Å²) in [6.45, 7) is 1.76. The number of thioether (sulfide) groups is 1. The molecule has 1 aliphatic rings. The van der Waals surface area contributed by atoms with Gasteiger partial charge in [0, 0.05) is 35.8 Å². The van der Waals surface area contributed by atoms with E-state index < -0.39 is 0 Å². The number of rotatable bonds is 8. The van der Waals surface area contributed by atoms with E-state index in [0.29, 0.717) is 18.2 Å². The Hall–Kier alpha value is -3.17. The molecular formula is C24H24FN5O2S. The molecule has 0 radical (unpaired) electrons. The molecule has 1 aliphatic heterocycles. The molecule has 0 saturated carbocycles. The molecule has 33 heavy (non-hydrogen) atoms. The molecule has 1 atom stereocenters. The second kappa shape index (κ2) is 9.76. The number of ether oxygens (including phenoxy) is 1. The van der Waals surface area contributed by atoms with Crippen LogP contribution in [0.3, 0.4) is 0 Å². The molecule has 0 bridgehead atoms. The number of aromatic amines is 1. The number of carbonyl (C=O) groups excluding carboxylic acids is 1. The van der Waals surface area contributed by atoms with Crippen molar-refractivity contribution in [3.05, 3.63) is 66.1 Å². The Bertz CT molecular complexity index is 1250. The van der Waals surface area contributed by atoms with Crippen molar-refractivity contribution in [2.75, 3.05) is 12.4 Å². The quantitative estimate of drug-likeness (QED) is 0.382. The van der Waals surface area contributed by atoms with Crippen LogP contribution in [-0.2, 0) is 22.6 Å². The maximum atomic E-state index is 13.1. The van der Waals surface area contributed by atoms with Crippen LogP contribution in [0.1, 0.15) is 18.4 Å². The summed E-state index contributed by atoms with van der Waals surface area (Å²) in [5, 5.41) is 13.5. The maximum Gasteiger partial charge on any atom is 0.230 e. The monoisotopic (exact) mass is 465 g/mol. The zero-order valence-electron chi connectivity index (χ0n) is 18.0. The molecule has 170 valence electrons. The van der Waals surface area contributed by atoms with Crippen molar-refractivity contribution in [1.82, 2.24) is 25.1 Å². The third-order valence-electron chi connectivity index (χ3n) is 5.69. The number of para-hydroxylation sites is 1. The van der Waals surface area contributed by atoms with E-state index >= 15 is 0 Å². The fraction of sp³-hybridized carbons (Fsp3) is 0.292. The van der Waals surface area contributed by atoms with E-state index in [-0.39, 0.29) is 23.6 Å². The van der Waals surface area contributed by atoms with E-state index in [4.69, 9.17) is 4.74 Å². The highest BCUT2D eigenvalue weighted by atomic mass is 32.2. The van der Waals surface area contributed by atoms with E-state index in [2.05, 4.69) is 31.1 Å². The van der Waals surface area contributed by atoms with Gasteiger partial charge in [0.25, 0.3) is 0 Å². The summed E-state index contributed by atoms with van der Waals surface area (Å²) >= 11 is 1.35. The molecule has 0 spiro atoms. The molecule has 1 fully saturated rings. The number of H-pyrrole nitrogens is 1. The SMILES string of the molecule is O=C(CSc1nnc(-c2c[nH]c3ccccc23)n1C[C@@H]1CCCO1)NCc1ccc(F)cc1. The van der Waals surface area contributed by atoms with Gasteiger partial charge in [0.15, 0.2) is 11.0 Å². The molecule has 7 nitrogen and oxygen atoms in total. The summed E-state index contributed by atoms with van der Waals surface area (Å²) in [7, 11) is 0. The van der Waals surface area contributed by atoms with Crippen molar-refractivity contribution in [2.24, 2.45) is 0 Å². The van der Waals surface area contributed by atoms with Crippen molar-refractivity contribution in [3.63, 3.8) is 0 Å². The maximum absolute atomic E-state index is 13.1. The zero-order chi connectivity index (χ0) is 22.6. The minimum absolute atomic E-state index is 0.108. The number of nitrogens with zero attached hydrogens (tertiary/aromatic N) is 3. The minimum atomic E-state index is -0.294. The van der Waals surface area contributed by atoms with Crippen LogP contribution >= 0.6 is 11.8 Å². The molecule has 4 aromatic rings. The number of carbonyl (C=O) groups is 1. The molecular weight excluding hydrogens is 441 g/mol. The van der Waals surface area contributed by atoms with Gasteiger partial charge < -0.3 is 15.0 Å². The van der Waals surface area contributed by atoms with E-state index in [1.807, 2.05) is 24.4 Å². The largest absolute Gasteiger partial charge is 0.376 e. The van der Waals surface area contributed by atoms with Crippen LogP contribution in [0.4, 0.5) is 4.39 Å². The Labute approximate surface area is 194 Å². The van der Waals surface area contributed by atoms with Gasteiger partial charge in [0.2, 0.25) is 5.91 Å². The third kappa shape index (κ3) is 4.94. The van der Waals surface area contributed by atoms with Crippen LogP contribution in [-0.4, -0.2) is 44.1 Å². The summed E-state index contributed by atoms with van der Waals surface area (Å²) in [5.74, 6) is 0.553. The standard InChI is InChI=1S/C24H24FN5O2S/c25-17-9-7-16(8-10-17)12-27-22(31)15-33-24-29-28-23(30(24)14-18-4-3-11-32-18)20-13-26-21-6-2-1-5-19(20)21/h1-2,5-10,13,18,26H,3-4,11-12,14-15H2,(H,27,31)/t18-/m0/s1. The molecule has 3 heterocycles. The van der Waals surface area contributed by atoms with Crippen molar-refractivity contribution < 1.29 is 13.9 Å². The molecule has 2 N–H and O–H groups in total. The van der Waals surface area contributed by atoms with Gasteiger partial charge in [-0.25, -0.2) is 4.39 Å². The van der Waals surface area contributed by atoms with Crippen LogP contribution in [0.5, 0.6) is 0 Å². The zero-order valence-corrected chi connectivity index (χ0v) is 18.8. The lowest BCUT2D eigenvalue weighted by Crippen LogP contribution is -2.25. The number of aromatic nitrogens is 4. The first-order chi connectivity index (χ1) is 16.2. The Morgan fingerprint density at radius 3 is 2.88 bits per heavy atom. The molecule has 9 heteroatoms. The fourth-order valence-electron chi connectivity index (χ4n) is 3.99. The van der Waals surface area contributed by atoms with Crippen LogP contribution in [0, 0.1) is 5.82 Å². The number of amides is 1. The lowest BCUT2D eigenvalue weighted by Gasteiger charge is -2.14. The van der Waals surface area contributed by atoms with Crippen LogP contribution in [0.2, 0.25) is 0 Å². The molecule has 2 aromatic carbocycles. The molecule has 1 saturated heterocycles. The second-order valence-corrected chi connectivity index (χ2v) is 8.93. The van der Waals surface area contributed by atoms with Crippen molar-refractivity contribution >= 4 is 28.6 Å². The van der Waals surface area contributed by atoms with Crippen molar-refractivity contribution in [1.29, 1.82) is 0 Å². The second-order valence-electron chi connectivity index (χ2n) is 7.99. The van der Waals surface area contributed by atoms with Gasteiger partial charge in [-0.3, -0.25) is 9.36 Å². The lowest BCUT2D eigenvalue weighted by atomic mass is 10.1. The molecule has 5 rings (SSSR count). The van der Waals surface area contributed by atoms with E-state index in [1.54, 1.807) is 12.1 Å². The van der Waals surface area contributed by atoms with Gasteiger partial charge in [-0.1, -0.05) is 42.1 Å². The topological polar surface area (TPSA) is 84.8 Å². The predicted molar refractivity (Wildman–Crippen MR) is 125 cm³/mol. The number of fused-ring (bicyclic) bond motifs is 1. The van der Waals surface area contributed by atoms with Gasteiger partial charge in [-0.05, 0) is 36.6 Å². The Balaban J connectivity index is 1.32. The van der Waals surface area contributed by atoms with Crippen LogP contribution in [0.25, 0.3) is 22.3 Å². The average Bonchev–Trinajstić information content (AvgIpc) is 3.58. The molecule has 0 unspecified atom stereocenters. The normalized spacial score (nSPS) is 15.8. The average molecular weight is 466 g/mol. The predicted octanol–water partition coefficient (Wildman–Crippen LogP) is 4.15. The summed E-state index contributed by atoms with van der Waals surface area (Å²) in [5.41, 5.74) is 2.86. The van der Waals surface area contributed by atoms with Gasteiger partial charge >= 0.3 is 0 Å². The number of benzene rings is 2. The first-order valence-electron chi connectivity index (χ1n) is 10.9. The highest BCUT2D eigenvalue weighted by molar-refractivity contribution is 7.99. The summed E-state index contributed by atoms with van der Waals surface area (Å²) in [6.07, 6.45) is 4.10. The molecule has 2 aromatic heterocycles. The summed E-state index contributed by atoms with van der Waals surface area (Å²) in [4.78, 5) is 15.7. The number of hydrogen-bond acceptors (Lipinski definition) is 5. The lowest BCUT2D eigenvalue weighted by molar-refractivity contribution is -0.118. The van der Waals surface area contributed by atoms with Crippen molar-refractivity contribution in [3.8, 4) is 11.4 Å². The Morgan fingerprint density at radius 1 is 1.21 bits per heavy atom. The van der Waals surface area contributed by atoms with Gasteiger partial charge in [-0.15, -0.1) is 10.2 Å². The minimum Gasteiger partial charge on any atom is -0.376 e. The van der Waals surface area contributed by atoms with Crippen molar-refractivity contribution in [2.45, 2.75) is 37.2 Å². The van der Waals surface area contributed by atoms with E-state index in [0.717, 1.165) is 47.3 Å². The fourth-order valence-corrected chi connectivity index (χ4v) is 4.77. The third-order valence-corrected chi connectivity index (χ3v) is 6.66. The highest BCUT2D eigenvalue weighted by Gasteiger charge is 2.23. The number of hydrogen-bond donors (Lipinski definition) is 2. The molecule has 1 amide bonds. The first-order valence-corrected chi connectivity index (χ1v) is 11.9. The molecule has 0 aliphatic carbocycles. The summed E-state index contributed by atoms with van der Waals surface area (Å²) in [6, 6.07) is 14.2. The first kappa shape index (κ1) is 21.7. The Kier molecular flexibility index (Phi) is 6.41. The van der Waals surface area contributed by atoms with Crippen LogP contribution in [0.15, 0.2) is 59.9 Å². The van der Waals surface area contributed by atoms with Gasteiger partial charge in [-0.2, -0.15) is 0 Å².